The van der Waals surface area contributed by atoms with Crippen LogP contribution < -0.4 is 14.9 Å². The van der Waals surface area contributed by atoms with Crippen molar-refractivity contribution in [1.29, 1.82) is 0 Å². The van der Waals surface area contributed by atoms with E-state index in [1.807, 2.05) is 6.92 Å². The number of hydrogen-bond donors (Lipinski definition) is 1. The molecule has 26 heavy (non-hydrogen) atoms. The second kappa shape index (κ2) is 8.56. The van der Waals surface area contributed by atoms with E-state index in [9.17, 15) is 9.32 Å². The maximum absolute atomic E-state index is 11.7. The van der Waals surface area contributed by atoms with Crippen molar-refractivity contribution in [2.45, 2.75) is 38.8 Å². The lowest BCUT2D eigenvalue weighted by Crippen LogP contribution is -2.40. The third-order valence-corrected chi connectivity index (χ3v) is 4.83. The average Bonchev–Trinajstić information content (AvgIpc) is 2.94. The lowest BCUT2D eigenvalue weighted by Gasteiger charge is -2.35. The van der Waals surface area contributed by atoms with E-state index in [0.29, 0.717) is 35.4 Å². The highest BCUT2D eigenvalue weighted by atomic mass is 32.1. The van der Waals surface area contributed by atoms with Crippen LogP contribution >= 0.6 is 11.3 Å². The summed E-state index contributed by atoms with van der Waals surface area (Å²) >= 11 is 1.06. The van der Waals surface area contributed by atoms with Crippen molar-refractivity contribution in [3.8, 4) is 11.1 Å². The molecule has 142 valence electrons. The number of nitrogens with zero attached hydrogens (tertiary/aromatic N) is 2. The summed E-state index contributed by atoms with van der Waals surface area (Å²) in [5.41, 5.74) is 0.583. The zero-order valence-corrected chi connectivity index (χ0v) is 15.3. The van der Waals surface area contributed by atoms with Gasteiger partial charge in [0, 0.05) is 24.1 Å². The van der Waals surface area contributed by atoms with Crippen LogP contribution in [0.5, 0.6) is 11.1 Å². The quantitative estimate of drug-likeness (QED) is 0.524. The van der Waals surface area contributed by atoms with E-state index in [-0.39, 0.29) is 23.2 Å². The van der Waals surface area contributed by atoms with Crippen LogP contribution in [-0.2, 0) is 14.6 Å². The number of carbonyl (C=O) groups is 1. The lowest BCUT2D eigenvalue weighted by molar-refractivity contribution is -0.367. The van der Waals surface area contributed by atoms with Crippen LogP contribution in [0.3, 0.4) is 0 Å². The van der Waals surface area contributed by atoms with Gasteiger partial charge in [-0.1, -0.05) is 11.3 Å². The highest BCUT2D eigenvalue weighted by Crippen LogP contribution is 2.32. The minimum atomic E-state index is -0.0534. The number of halogens is 1. The third-order valence-electron chi connectivity index (χ3n) is 4.00. The molecule has 0 unspecified atom stereocenters. The topological polar surface area (TPSA) is 91.8 Å². The van der Waals surface area contributed by atoms with Gasteiger partial charge in [0.05, 0.1) is 19.3 Å². The first-order chi connectivity index (χ1) is 12.5. The van der Waals surface area contributed by atoms with Crippen LogP contribution in [0.25, 0.3) is 10.3 Å². The van der Waals surface area contributed by atoms with Gasteiger partial charge < -0.3 is 14.8 Å². The molecule has 3 rings (SSSR count). The normalized spacial score (nSPS) is 20.4. The van der Waals surface area contributed by atoms with E-state index in [0.717, 1.165) is 24.2 Å². The molecule has 0 bridgehead atoms. The van der Waals surface area contributed by atoms with Gasteiger partial charge in [-0.15, -0.1) is 0 Å². The van der Waals surface area contributed by atoms with E-state index in [1.165, 1.54) is 6.92 Å². The summed E-state index contributed by atoms with van der Waals surface area (Å²) in [4.78, 5) is 24.1. The molecule has 2 heterocycles. The average molecular weight is 385 g/mol. The van der Waals surface area contributed by atoms with Crippen molar-refractivity contribution < 1.29 is 28.8 Å². The van der Waals surface area contributed by atoms with E-state index < -0.39 is 0 Å². The Morgan fingerprint density at radius 1 is 1.42 bits per heavy atom. The number of thiazole rings is 1. The zero-order valence-electron chi connectivity index (χ0n) is 14.4. The SMILES string of the molecule is CC(=O)N[C@@H](C)COC1CC(COc2ccc3nc(OOF)sc3n2)C1. The fourth-order valence-corrected chi connectivity index (χ4v) is 3.47. The summed E-state index contributed by atoms with van der Waals surface area (Å²) in [7, 11) is 0. The van der Waals surface area contributed by atoms with Crippen molar-refractivity contribution in [2.75, 3.05) is 13.2 Å². The summed E-state index contributed by atoms with van der Waals surface area (Å²) in [6, 6.07) is 3.45. The molecule has 0 aliphatic heterocycles. The fourth-order valence-electron chi connectivity index (χ4n) is 2.74. The first kappa shape index (κ1) is 18.7. The van der Waals surface area contributed by atoms with E-state index in [4.69, 9.17) is 9.47 Å². The van der Waals surface area contributed by atoms with Gasteiger partial charge in [0.1, 0.15) is 5.52 Å². The minimum absolute atomic E-state index is 0.00907. The highest BCUT2D eigenvalue weighted by molar-refractivity contribution is 7.19. The Labute approximate surface area is 153 Å². The number of hydrogen-bond acceptors (Lipinski definition) is 8. The second-order valence-corrected chi connectivity index (χ2v) is 7.25. The van der Waals surface area contributed by atoms with E-state index >= 15 is 0 Å². The molecule has 1 aliphatic carbocycles. The van der Waals surface area contributed by atoms with Gasteiger partial charge in [0.15, 0.2) is 4.83 Å². The molecule has 2 aromatic heterocycles. The number of rotatable bonds is 9. The first-order valence-electron chi connectivity index (χ1n) is 8.28. The lowest BCUT2D eigenvalue weighted by atomic mass is 9.83. The number of fused-ring (bicyclic) bond motifs is 1. The predicted molar refractivity (Wildman–Crippen MR) is 91.5 cm³/mol. The maximum atomic E-state index is 11.7. The molecule has 1 atom stereocenters. The summed E-state index contributed by atoms with van der Waals surface area (Å²) < 4.78 is 23.2. The smallest absolute Gasteiger partial charge is 0.319 e. The predicted octanol–water partition coefficient (Wildman–Crippen LogP) is 2.58. The van der Waals surface area contributed by atoms with Crippen molar-refractivity contribution in [3.05, 3.63) is 12.1 Å². The molecule has 0 aromatic carbocycles. The second-order valence-electron chi connectivity index (χ2n) is 6.31. The van der Waals surface area contributed by atoms with E-state index in [1.54, 1.807) is 12.1 Å². The Balaban J connectivity index is 1.39. The molecule has 0 spiro atoms. The summed E-state index contributed by atoms with van der Waals surface area (Å²) in [6.07, 6.45) is 2.04. The number of pyridine rings is 1. The largest absolute Gasteiger partial charge is 0.477 e. The number of nitrogens with one attached hydrogen (secondary N) is 1. The van der Waals surface area contributed by atoms with Crippen LogP contribution in [0.4, 0.5) is 4.53 Å². The number of carbonyl (C=O) groups excluding carboxylic acids is 1. The molecule has 1 amide bonds. The van der Waals surface area contributed by atoms with Crippen molar-refractivity contribution >= 4 is 27.6 Å². The molecule has 0 radical (unpaired) electrons. The van der Waals surface area contributed by atoms with Crippen LogP contribution in [0.2, 0.25) is 0 Å². The maximum Gasteiger partial charge on any atom is 0.319 e. The van der Waals surface area contributed by atoms with Crippen molar-refractivity contribution in [3.63, 3.8) is 0 Å². The Morgan fingerprint density at radius 2 is 2.23 bits per heavy atom. The fraction of sp³-hybridized carbons (Fsp3) is 0.562. The Kier molecular flexibility index (Phi) is 6.17. The summed E-state index contributed by atoms with van der Waals surface area (Å²) in [5, 5.41) is 5.94. The minimum Gasteiger partial charge on any atom is -0.477 e. The molecule has 0 saturated heterocycles. The third kappa shape index (κ3) is 4.99. The van der Waals surface area contributed by atoms with Gasteiger partial charge in [-0.2, -0.15) is 4.98 Å². The number of aromatic nitrogens is 2. The highest BCUT2D eigenvalue weighted by Gasteiger charge is 2.30. The van der Waals surface area contributed by atoms with Gasteiger partial charge in [-0.3, -0.25) is 9.68 Å². The molecule has 1 fully saturated rings. The van der Waals surface area contributed by atoms with Crippen LogP contribution in [0, 0.1) is 5.92 Å². The molecular formula is C16H20FN3O5S. The Morgan fingerprint density at radius 3 is 2.96 bits per heavy atom. The first-order valence-corrected chi connectivity index (χ1v) is 9.09. The molecule has 10 heteroatoms. The number of amides is 1. The molecule has 8 nitrogen and oxygen atoms in total. The van der Waals surface area contributed by atoms with Gasteiger partial charge in [0.25, 0.3) is 0 Å². The zero-order chi connectivity index (χ0) is 18.5. The monoisotopic (exact) mass is 385 g/mol. The van der Waals surface area contributed by atoms with Crippen LogP contribution in [0.1, 0.15) is 26.7 Å². The number of ether oxygens (including phenoxy) is 2. The van der Waals surface area contributed by atoms with Crippen molar-refractivity contribution in [1.82, 2.24) is 15.3 Å². The molecule has 1 N–H and O–H groups in total. The van der Waals surface area contributed by atoms with Crippen molar-refractivity contribution in [2.24, 2.45) is 5.92 Å². The van der Waals surface area contributed by atoms with Gasteiger partial charge >= 0.3 is 5.19 Å². The van der Waals surface area contributed by atoms with Gasteiger partial charge in [0.2, 0.25) is 11.8 Å². The Hall–Kier alpha value is -2.04. The molecule has 1 aliphatic rings. The molecular weight excluding hydrogens is 365 g/mol. The Bertz CT molecular complexity index is 753. The van der Waals surface area contributed by atoms with Gasteiger partial charge in [-0.25, -0.2) is 4.98 Å². The van der Waals surface area contributed by atoms with Crippen LogP contribution in [0.15, 0.2) is 12.1 Å². The molecule has 2 aromatic rings. The summed E-state index contributed by atoms with van der Waals surface area (Å²) in [5.74, 6) is 0.841. The standard InChI is InChI=1S/C16H20FN3O5S/c1-9(18-10(2)21)7-22-12-5-11(6-12)8-23-14-4-3-13-15(20-14)26-16(19-13)24-25-17/h3-4,9,11-12H,5-8H2,1-2H3,(H,18,21)/t9-,11?,12?/m0/s1. The van der Waals surface area contributed by atoms with E-state index in [2.05, 4.69) is 25.3 Å². The molecule has 1 saturated carbocycles. The summed E-state index contributed by atoms with van der Waals surface area (Å²) in [6.45, 7) is 4.47. The van der Waals surface area contributed by atoms with Gasteiger partial charge in [-0.05, 0) is 36.3 Å². The van der Waals surface area contributed by atoms with Crippen LogP contribution in [-0.4, -0.2) is 41.2 Å².